The molecule has 0 fully saturated rings. The van der Waals surface area contributed by atoms with Crippen LogP contribution in [0.5, 0.6) is 0 Å². The summed E-state index contributed by atoms with van der Waals surface area (Å²) >= 11 is 1.19. The van der Waals surface area contributed by atoms with Gasteiger partial charge in [-0.05, 0) is 29.7 Å². The van der Waals surface area contributed by atoms with Gasteiger partial charge in [0.15, 0.2) is 16.8 Å². The molecule has 10 heteroatoms. The number of hydrogen-bond donors (Lipinski definition) is 1. The molecule has 2 heterocycles. The van der Waals surface area contributed by atoms with E-state index in [0.29, 0.717) is 35.7 Å². The number of aliphatic carboxylic acids is 1. The lowest BCUT2D eigenvalue weighted by Gasteiger charge is -2.13. The highest BCUT2D eigenvalue weighted by molar-refractivity contribution is 7.98. The van der Waals surface area contributed by atoms with Crippen molar-refractivity contribution in [2.24, 2.45) is 0 Å². The van der Waals surface area contributed by atoms with Gasteiger partial charge in [-0.15, -0.1) is 0 Å². The van der Waals surface area contributed by atoms with Crippen LogP contribution in [0.25, 0.3) is 0 Å². The highest BCUT2D eigenvalue weighted by atomic mass is 32.2. The number of thioether (sulfide) groups is 1. The number of rotatable bonds is 9. The van der Waals surface area contributed by atoms with Gasteiger partial charge in [-0.1, -0.05) is 17.8 Å². The van der Waals surface area contributed by atoms with E-state index >= 15 is 0 Å². The van der Waals surface area contributed by atoms with E-state index in [1.165, 1.54) is 24.2 Å². The fourth-order valence-electron chi connectivity index (χ4n) is 2.74. The summed E-state index contributed by atoms with van der Waals surface area (Å²) in [6.45, 7) is 0.345. The van der Waals surface area contributed by atoms with Crippen LogP contribution < -0.4 is 5.56 Å². The zero-order valence-corrected chi connectivity index (χ0v) is 16.6. The zero-order chi connectivity index (χ0) is 21.5. The Labute approximate surface area is 174 Å². The van der Waals surface area contributed by atoms with Crippen molar-refractivity contribution in [2.75, 3.05) is 0 Å². The van der Waals surface area contributed by atoms with Crippen LogP contribution in [0.4, 0.5) is 8.78 Å². The van der Waals surface area contributed by atoms with E-state index in [0.717, 1.165) is 17.7 Å². The van der Waals surface area contributed by atoms with Crippen LogP contribution in [0.15, 0.2) is 53.1 Å². The molecule has 30 heavy (non-hydrogen) atoms. The predicted molar refractivity (Wildman–Crippen MR) is 106 cm³/mol. The number of nitrogens with zero attached hydrogens (tertiary/aromatic N) is 4. The third-order valence-electron chi connectivity index (χ3n) is 4.18. The molecule has 2 aromatic heterocycles. The number of aromatic nitrogens is 4. The summed E-state index contributed by atoms with van der Waals surface area (Å²) in [7, 11) is 0. The number of carboxylic acid groups (broad SMARTS) is 1. The van der Waals surface area contributed by atoms with E-state index in [1.807, 2.05) is 0 Å². The molecule has 0 atom stereocenters. The molecule has 0 unspecified atom stereocenters. The molecule has 0 aliphatic rings. The summed E-state index contributed by atoms with van der Waals surface area (Å²) < 4.78 is 28.3. The van der Waals surface area contributed by atoms with Crippen molar-refractivity contribution < 1.29 is 18.7 Å². The molecule has 0 saturated heterocycles. The largest absolute Gasteiger partial charge is 0.481 e. The second-order valence-corrected chi connectivity index (χ2v) is 7.45. The molecule has 0 amide bonds. The summed E-state index contributed by atoms with van der Waals surface area (Å²) in [5.74, 6) is -2.52. The first kappa shape index (κ1) is 21.6. The van der Waals surface area contributed by atoms with E-state index in [9.17, 15) is 18.4 Å². The number of halogens is 2. The Kier molecular flexibility index (Phi) is 7.23. The third-order valence-corrected chi connectivity index (χ3v) is 5.24. The Morgan fingerprint density at radius 3 is 2.60 bits per heavy atom. The van der Waals surface area contributed by atoms with Gasteiger partial charge in [0, 0.05) is 49.3 Å². The molecule has 1 N–H and O–H groups in total. The number of benzene rings is 1. The second-order valence-electron chi connectivity index (χ2n) is 6.51. The number of aryl methyl sites for hydroxylation is 1. The van der Waals surface area contributed by atoms with Gasteiger partial charge in [-0.3, -0.25) is 9.59 Å². The average Bonchev–Trinajstić information content (AvgIpc) is 2.72. The lowest BCUT2D eigenvalue weighted by Crippen LogP contribution is -2.20. The second kappa shape index (κ2) is 10.1. The Hall–Kier alpha value is -3.14. The SMILES string of the molecule is O=C(O)CCCn1cc(Cc2cncnc2)c(=O)nc1SCc1ccc(F)c(F)c1. The predicted octanol–water partition coefficient (Wildman–Crippen LogP) is 3.06. The molecule has 0 aliphatic carbocycles. The van der Waals surface area contributed by atoms with Crippen LogP contribution in [0.1, 0.15) is 29.5 Å². The number of carbonyl (C=O) groups is 1. The van der Waals surface area contributed by atoms with Crippen molar-refractivity contribution >= 4 is 17.7 Å². The first-order chi connectivity index (χ1) is 14.4. The Morgan fingerprint density at radius 2 is 1.90 bits per heavy atom. The maximum Gasteiger partial charge on any atom is 0.303 e. The number of carboxylic acids is 1. The Balaban J connectivity index is 1.83. The van der Waals surface area contributed by atoms with Crippen LogP contribution >= 0.6 is 11.8 Å². The van der Waals surface area contributed by atoms with Gasteiger partial charge in [0.1, 0.15) is 6.33 Å². The van der Waals surface area contributed by atoms with Crippen molar-refractivity contribution in [3.05, 3.63) is 81.8 Å². The minimum absolute atomic E-state index is 0.0265. The lowest BCUT2D eigenvalue weighted by molar-refractivity contribution is -0.137. The maximum absolute atomic E-state index is 13.4. The van der Waals surface area contributed by atoms with E-state index in [1.54, 1.807) is 23.2 Å². The van der Waals surface area contributed by atoms with Crippen molar-refractivity contribution in [3.63, 3.8) is 0 Å². The molecule has 156 valence electrons. The van der Waals surface area contributed by atoms with E-state index in [-0.39, 0.29) is 12.2 Å². The quantitative estimate of drug-likeness (QED) is 0.410. The first-order valence-corrected chi connectivity index (χ1v) is 10.0. The molecule has 1 aromatic carbocycles. The number of hydrogen-bond acceptors (Lipinski definition) is 6. The zero-order valence-electron chi connectivity index (χ0n) is 15.8. The fourth-order valence-corrected chi connectivity index (χ4v) is 3.67. The highest BCUT2D eigenvalue weighted by Crippen LogP contribution is 2.22. The van der Waals surface area contributed by atoms with Gasteiger partial charge in [0.2, 0.25) is 0 Å². The molecular formula is C20H18F2N4O3S. The van der Waals surface area contributed by atoms with Crippen molar-refractivity contribution in [1.82, 2.24) is 19.5 Å². The molecular weight excluding hydrogens is 414 g/mol. The summed E-state index contributed by atoms with van der Waals surface area (Å²) in [5.41, 5.74) is 1.30. The highest BCUT2D eigenvalue weighted by Gasteiger charge is 2.12. The summed E-state index contributed by atoms with van der Waals surface area (Å²) in [6.07, 6.45) is 6.87. The molecule has 3 rings (SSSR count). The van der Waals surface area contributed by atoms with Crippen LogP contribution in [-0.2, 0) is 23.5 Å². The van der Waals surface area contributed by atoms with Gasteiger partial charge in [-0.25, -0.2) is 18.7 Å². The molecule has 3 aromatic rings. The normalized spacial score (nSPS) is 10.9. The molecule has 0 bridgehead atoms. The smallest absolute Gasteiger partial charge is 0.303 e. The monoisotopic (exact) mass is 432 g/mol. The van der Waals surface area contributed by atoms with E-state index in [4.69, 9.17) is 5.11 Å². The van der Waals surface area contributed by atoms with Crippen LogP contribution in [-0.4, -0.2) is 30.6 Å². The van der Waals surface area contributed by atoms with Gasteiger partial charge in [0.05, 0.1) is 0 Å². The topological polar surface area (TPSA) is 98.0 Å². The first-order valence-electron chi connectivity index (χ1n) is 9.05. The van der Waals surface area contributed by atoms with Crippen molar-refractivity contribution in [1.29, 1.82) is 0 Å². The molecule has 0 aliphatic heterocycles. The van der Waals surface area contributed by atoms with Crippen molar-refractivity contribution in [3.8, 4) is 0 Å². The van der Waals surface area contributed by atoms with Crippen LogP contribution in [0.2, 0.25) is 0 Å². The summed E-state index contributed by atoms with van der Waals surface area (Å²) in [5, 5.41) is 9.27. The molecule has 0 spiro atoms. The third kappa shape index (κ3) is 5.93. The average molecular weight is 432 g/mol. The Bertz CT molecular complexity index is 1090. The summed E-state index contributed by atoms with van der Waals surface area (Å²) in [4.78, 5) is 35.3. The standard InChI is InChI=1S/C20H18F2N4O3S/c21-16-4-3-13(7-17(16)22)11-30-20-25-19(29)15(6-14-8-23-12-24-9-14)10-26(20)5-1-2-18(27)28/h3-4,7-10,12H,1-2,5-6,11H2,(H,27,28). The van der Waals surface area contributed by atoms with Gasteiger partial charge >= 0.3 is 5.97 Å². The van der Waals surface area contributed by atoms with Crippen LogP contribution in [0.3, 0.4) is 0 Å². The van der Waals surface area contributed by atoms with Crippen LogP contribution in [0, 0.1) is 11.6 Å². The molecule has 0 saturated carbocycles. The molecule has 0 radical (unpaired) electrons. The summed E-state index contributed by atoms with van der Waals surface area (Å²) in [6, 6.07) is 3.60. The van der Waals surface area contributed by atoms with E-state index in [2.05, 4.69) is 15.0 Å². The molecule has 7 nitrogen and oxygen atoms in total. The fraction of sp³-hybridized carbons (Fsp3) is 0.250. The van der Waals surface area contributed by atoms with E-state index < -0.39 is 23.2 Å². The maximum atomic E-state index is 13.4. The minimum Gasteiger partial charge on any atom is -0.481 e. The van der Waals surface area contributed by atoms with Gasteiger partial charge < -0.3 is 9.67 Å². The minimum atomic E-state index is -0.944. The Morgan fingerprint density at radius 1 is 1.13 bits per heavy atom. The lowest BCUT2D eigenvalue weighted by atomic mass is 10.1. The van der Waals surface area contributed by atoms with Gasteiger partial charge in [-0.2, -0.15) is 4.98 Å². The van der Waals surface area contributed by atoms with Gasteiger partial charge in [0.25, 0.3) is 5.56 Å². The van der Waals surface area contributed by atoms with Crippen molar-refractivity contribution in [2.45, 2.75) is 36.7 Å².